The predicted octanol–water partition coefficient (Wildman–Crippen LogP) is 3.95. The van der Waals surface area contributed by atoms with Gasteiger partial charge in [-0.3, -0.25) is 0 Å². The second kappa shape index (κ2) is 4.43. The molecule has 0 aliphatic carbocycles. The van der Waals surface area contributed by atoms with Gasteiger partial charge >= 0.3 is 0 Å². The van der Waals surface area contributed by atoms with E-state index in [4.69, 9.17) is 10.2 Å². The van der Waals surface area contributed by atoms with Gasteiger partial charge in [0.05, 0.1) is 5.69 Å². The Morgan fingerprint density at radius 1 is 1.21 bits per heavy atom. The molecule has 3 aromatic rings. The van der Waals surface area contributed by atoms with Crippen molar-refractivity contribution in [2.24, 2.45) is 0 Å². The molecule has 0 amide bonds. The van der Waals surface area contributed by atoms with Gasteiger partial charge in [0.1, 0.15) is 5.52 Å². The Morgan fingerprint density at radius 2 is 2.00 bits per heavy atom. The lowest BCUT2D eigenvalue weighted by Crippen LogP contribution is -1.88. The Hall–Kier alpha value is -2.29. The highest BCUT2D eigenvalue weighted by Crippen LogP contribution is 2.30. The zero-order valence-electron chi connectivity index (χ0n) is 11.1. The second-order valence-corrected chi connectivity index (χ2v) is 4.72. The van der Waals surface area contributed by atoms with Crippen LogP contribution in [0.25, 0.3) is 22.6 Å². The van der Waals surface area contributed by atoms with Crippen LogP contribution in [0, 0.1) is 6.92 Å². The topological polar surface area (TPSA) is 52.0 Å². The van der Waals surface area contributed by atoms with Crippen LogP contribution in [0.3, 0.4) is 0 Å². The predicted molar refractivity (Wildman–Crippen MR) is 78.0 cm³/mol. The van der Waals surface area contributed by atoms with Crippen molar-refractivity contribution in [1.29, 1.82) is 0 Å². The largest absolute Gasteiger partial charge is 0.434 e. The zero-order valence-corrected chi connectivity index (χ0v) is 11.1. The summed E-state index contributed by atoms with van der Waals surface area (Å²) in [6.07, 6.45) is 0.937. The molecule has 0 fully saturated rings. The minimum Gasteiger partial charge on any atom is -0.434 e. The Labute approximate surface area is 112 Å². The quantitative estimate of drug-likeness (QED) is 0.702. The lowest BCUT2D eigenvalue weighted by molar-refractivity contribution is 0.620. The molecule has 3 nitrogen and oxygen atoms in total. The van der Waals surface area contributed by atoms with Gasteiger partial charge in [-0.15, -0.1) is 0 Å². The number of benzene rings is 2. The molecule has 0 saturated carbocycles. The molecule has 0 saturated heterocycles. The number of anilines is 1. The van der Waals surface area contributed by atoms with E-state index in [9.17, 15) is 0 Å². The van der Waals surface area contributed by atoms with Crippen molar-refractivity contribution in [3.8, 4) is 11.5 Å². The molecule has 1 heterocycles. The third-order valence-corrected chi connectivity index (χ3v) is 3.36. The molecule has 3 rings (SSSR count). The van der Waals surface area contributed by atoms with E-state index in [1.807, 2.05) is 43.3 Å². The van der Waals surface area contributed by atoms with Crippen molar-refractivity contribution < 1.29 is 4.42 Å². The summed E-state index contributed by atoms with van der Waals surface area (Å²) in [6.45, 7) is 4.15. The highest BCUT2D eigenvalue weighted by molar-refractivity contribution is 5.87. The molecule has 2 aromatic carbocycles. The minimum atomic E-state index is 0.632. The van der Waals surface area contributed by atoms with Gasteiger partial charge in [-0.1, -0.05) is 25.1 Å². The fraction of sp³-hybridized carbons (Fsp3) is 0.188. The number of nitrogens with two attached hydrogens (primary N) is 1. The molecule has 0 atom stereocenters. The smallest absolute Gasteiger partial charge is 0.227 e. The van der Waals surface area contributed by atoms with Crippen LogP contribution in [0.1, 0.15) is 18.1 Å². The van der Waals surface area contributed by atoms with Gasteiger partial charge in [-0.25, -0.2) is 4.98 Å². The standard InChI is InChI=1S/C16H16N2O/c1-3-11-8-13(17)15-14(9-11)18-16(19-15)12-7-5-4-6-10(12)2/h4-9H,3,17H2,1-2H3. The number of rotatable bonds is 2. The first-order valence-electron chi connectivity index (χ1n) is 6.44. The first-order chi connectivity index (χ1) is 9.19. The Balaban J connectivity index is 2.22. The SMILES string of the molecule is CCc1cc(N)c2oc(-c3ccccc3C)nc2c1. The maximum absolute atomic E-state index is 6.03. The van der Waals surface area contributed by atoms with Crippen LogP contribution in [0.15, 0.2) is 40.8 Å². The van der Waals surface area contributed by atoms with E-state index in [-0.39, 0.29) is 0 Å². The Morgan fingerprint density at radius 3 is 2.74 bits per heavy atom. The first kappa shape index (κ1) is 11.8. The number of oxazole rings is 1. The van der Waals surface area contributed by atoms with E-state index in [0.717, 1.165) is 23.1 Å². The van der Waals surface area contributed by atoms with Gasteiger partial charge in [0.15, 0.2) is 5.58 Å². The average molecular weight is 252 g/mol. The highest BCUT2D eigenvalue weighted by atomic mass is 16.3. The van der Waals surface area contributed by atoms with Crippen LogP contribution in [0.2, 0.25) is 0 Å². The Bertz CT molecular complexity index is 744. The summed E-state index contributed by atoms with van der Waals surface area (Å²) >= 11 is 0. The fourth-order valence-electron chi connectivity index (χ4n) is 2.25. The van der Waals surface area contributed by atoms with Gasteiger partial charge < -0.3 is 10.2 Å². The highest BCUT2D eigenvalue weighted by Gasteiger charge is 2.12. The fourth-order valence-corrected chi connectivity index (χ4v) is 2.25. The van der Waals surface area contributed by atoms with Crippen LogP contribution < -0.4 is 5.73 Å². The van der Waals surface area contributed by atoms with E-state index in [1.165, 1.54) is 5.56 Å². The molecule has 0 spiro atoms. The molecule has 0 aliphatic heterocycles. The van der Waals surface area contributed by atoms with Crippen molar-refractivity contribution >= 4 is 16.8 Å². The number of nitrogens with zero attached hydrogens (tertiary/aromatic N) is 1. The van der Waals surface area contributed by atoms with Crippen molar-refractivity contribution in [1.82, 2.24) is 4.98 Å². The second-order valence-electron chi connectivity index (χ2n) is 4.72. The van der Waals surface area contributed by atoms with E-state index < -0.39 is 0 Å². The van der Waals surface area contributed by atoms with Crippen LogP contribution in [0.5, 0.6) is 0 Å². The summed E-state index contributed by atoms with van der Waals surface area (Å²) in [5.74, 6) is 0.632. The maximum Gasteiger partial charge on any atom is 0.227 e. The van der Waals surface area contributed by atoms with E-state index in [1.54, 1.807) is 0 Å². The van der Waals surface area contributed by atoms with Crippen LogP contribution in [-0.2, 0) is 6.42 Å². The van der Waals surface area contributed by atoms with Crippen LogP contribution in [-0.4, -0.2) is 4.98 Å². The van der Waals surface area contributed by atoms with Crippen LogP contribution in [0.4, 0.5) is 5.69 Å². The average Bonchev–Trinajstić information content (AvgIpc) is 2.83. The monoisotopic (exact) mass is 252 g/mol. The maximum atomic E-state index is 6.03. The molecular weight excluding hydrogens is 236 g/mol. The van der Waals surface area contributed by atoms with Crippen molar-refractivity contribution in [2.45, 2.75) is 20.3 Å². The first-order valence-corrected chi connectivity index (χ1v) is 6.44. The van der Waals surface area contributed by atoms with Crippen molar-refractivity contribution in [3.05, 3.63) is 47.5 Å². The molecule has 2 N–H and O–H groups in total. The van der Waals surface area contributed by atoms with E-state index >= 15 is 0 Å². The summed E-state index contributed by atoms with van der Waals surface area (Å²) in [5, 5.41) is 0. The molecule has 96 valence electrons. The zero-order chi connectivity index (χ0) is 13.4. The molecule has 0 bridgehead atoms. The number of hydrogen-bond donors (Lipinski definition) is 1. The lowest BCUT2D eigenvalue weighted by Gasteiger charge is -1.99. The molecule has 3 heteroatoms. The number of fused-ring (bicyclic) bond motifs is 1. The number of hydrogen-bond acceptors (Lipinski definition) is 3. The third-order valence-electron chi connectivity index (χ3n) is 3.36. The van der Waals surface area contributed by atoms with E-state index in [0.29, 0.717) is 17.2 Å². The molecule has 1 aromatic heterocycles. The molecule has 0 aliphatic rings. The molecular formula is C16H16N2O. The van der Waals surface area contributed by atoms with Gasteiger partial charge in [0.25, 0.3) is 0 Å². The Kier molecular flexibility index (Phi) is 2.75. The van der Waals surface area contributed by atoms with E-state index in [2.05, 4.69) is 11.9 Å². The summed E-state index contributed by atoms with van der Waals surface area (Å²) in [5.41, 5.74) is 11.5. The third kappa shape index (κ3) is 1.97. The number of aryl methyl sites for hydroxylation is 2. The van der Waals surface area contributed by atoms with Crippen molar-refractivity contribution in [2.75, 3.05) is 5.73 Å². The normalized spacial score (nSPS) is 11.1. The summed E-state index contributed by atoms with van der Waals surface area (Å²) < 4.78 is 5.83. The minimum absolute atomic E-state index is 0.632. The van der Waals surface area contributed by atoms with Gasteiger partial charge in [0.2, 0.25) is 5.89 Å². The molecule has 0 radical (unpaired) electrons. The summed E-state index contributed by atoms with van der Waals surface area (Å²) in [6, 6.07) is 12.0. The number of nitrogen functional groups attached to an aromatic ring is 1. The van der Waals surface area contributed by atoms with Gasteiger partial charge in [-0.2, -0.15) is 0 Å². The molecule has 19 heavy (non-hydrogen) atoms. The lowest BCUT2D eigenvalue weighted by atomic mass is 10.1. The van der Waals surface area contributed by atoms with Crippen LogP contribution >= 0.6 is 0 Å². The molecule has 0 unspecified atom stereocenters. The number of aromatic nitrogens is 1. The van der Waals surface area contributed by atoms with Gasteiger partial charge in [0, 0.05) is 5.56 Å². The summed E-state index contributed by atoms with van der Waals surface area (Å²) in [7, 11) is 0. The summed E-state index contributed by atoms with van der Waals surface area (Å²) in [4.78, 5) is 4.57. The van der Waals surface area contributed by atoms with Gasteiger partial charge in [-0.05, 0) is 42.7 Å². The van der Waals surface area contributed by atoms with Crippen molar-refractivity contribution in [3.63, 3.8) is 0 Å².